The van der Waals surface area contributed by atoms with Crippen molar-refractivity contribution in [1.82, 2.24) is 9.71 Å². The molecule has 1 heterocycles. The van der Waals surface area contributed by atoms with Crippen molar-refractivity contribution in [3.63, 3.8) is 0 Å². The Morgan fingerprint density at radius 2 is 2.21 bits per heavy atom. The Morgan fingerprint density at radius 1 is 1.47 bits per heavy atom. The van der Waals surface area contributed by atoms with Gasteiger partial charge in [0.2, 0.25) is 10.0 Å². The highest BCUT2D eigenvalue weighted by atomic mass is 32.2. The van der Waals surface area contributed by atoms with Crippen molar-refractivity contribution in [1.29, 1.82) is 0 Å². The van der Waals surface area contributed by atoms with E-state index in [9.17, 15) is 12.8 Å². The van der Waals surface area contributed by atoms with E-state index in [-0.39, 0.29) is 17.1 Å². The molecule has 0 radical (unpaired) electrons. The van der Waals surface area contributed by atoms with Crippen molar-refractivity contribution >= 4 is 27.0 Å². The van der Waals surface area contributed by atoms with Crippen molar-refractivity contribution in [2.75, 3.05) is 5.73 Å². The van der Waals surface area contributed by atoms with Crippen LogP contribution in [0.5, 0.6) is 0 Å². The third kappa shape index (κ3) is 3.09. The number of thiazole rings is 1. The summed E-state index contributed by atoms with van der Waals surface area (Å²) in [5, 5.41) is 0.635. The molecule has 0 amide bonds. The highest BCUT2D eigenvalue weighted by Crippen LogP contribution is 2.21. The molecular weight excluding hydrogens is 289 g/mol. The number of hydrogen-bond donors (Lipinski definition) is 2. The lowest BCUT2D eigenvalue weighted by atomic mass is 10.3. The van der Waals surface area contributed by atoms with Crippen LogP contribution in [0.4, 0.5) is 10.1 Å². The molecule has 0 aliphatic rings. The van der Waals surface area contributed by atoms with Crippen molar-refractivity contribution < 1.29 is 12.8 Å². The van der Waals surface area contributed by atoms with Crippen LogP contribution in [0.2, 0.25) is 0 Å². The number of para-hydroxylation sites is 1. The summed E-state index contributed by atoms with van der Waals surface area (Å²) in [6.45, 7) is 1.93. The first-order valence-corrected chi connectivity index (χ1v) is 7.65. The van der Waals surface area contributed by atoms with Gasteiger partial charge < -0.3 is 5.73 Å². The minimum atomic E-state index is -3.85. The lowest BCUT2D eigenvalue weighted by Gasteiger charge is -2.08. The molecule has 0 bridgehead atoms. The molecule has 19 heavy (non-hydrogen) atoms. The predicted molar refractivity (Wildman–Crippen MR) is 71.7 cm³/mol. The van der Waals surface area contributed by atoms with Crippen LogP contribution in [0.1, 0.15) is 9.88 Å². The summed E-state index contributed by atoms with van der Waals surface area (Å²) in [5.41, 5.74) is 5.05. The number of benzene rings is 1. The van der Waals surface area contributed by atoms with Crippen LogP contribution in [0.25, 0.3) is 0 Å². The second kappa shape index (κ2) is 5.24. The maximum atomic E-state index is 13.2. The second-order valence-corrected chi connectivity index (χ2v) is 6.90. The maximum absolute atomic E-state index is 13.2. The van der Waals surface area contributed by atoms with E-state index in [2.05, 4.69) is 9.71 Å². The molecular formula is C11H12FN3O2S2. The van der Waals surface area contributed by atoms with E-state index in [0.29, 0.717) is 5.01 Å². The van der Waals surface area contributed by atoms with Crippen LogP contribution in [-0.2, 0) is 16.6 Å². The lowest BCUT2D eigenvalue weighted by Crippen LogP contribution is -2.24. The number of nitrogens with two attached hydrogens (primary N) is 1. The topological polar surface area (TPSA) is 85.1 Å². The van der Waals surface area contributed by atoms with Crippen LogP contribution in [0.15, 0.2) is 29.3 Å². The number of sulfonamides is 1. The number of aryl methyl sites for hydroxylation is 1. The Hall–Kier alpha value is -1.51. The van der Waals surface area contributed by atoms with Crippen LogP contribution in [0.3, 0.4) is 0 Å². The van der Waals surface area contributed by atoms with Gasteiger partial charge in [-0.15, -0.1) is 11.3 Å². The molecule has 1 aromatic carbocycles. The van der Waals surface area contributed by atoms with Crippen LogP contribution in [-0.4, -0.2) is 13.4 Å². The summed E-state index contributed by atoms with van der Waals surface area (Å²) < 4.78 is 39.6. The number of anilines is 1. The SMILES string of the molecule is Cc1cnc(CNS(=O)(=O)c2cccc(F)c2N)s1. The molecule has 1 aromatic heterocycles. The van der Waals surface area contributed by atoms with Gasteiger partial charge in [-0.2, -0.15) is 0 Å². The fraction of sp³-hybridized carbons (Fsp3) is 0.182. The van der Waals surface area contributed by atoms with Crippen molar-refractivity contribution in [2.45, 2.75) is 18.4 Å². The fourth-order valence-electron chi connectivity index (χ4n) is 1.47. The average molecular weight is 301 g/mol. The smallest absolute Gasteiger partial charge is 0.243 e. The highest BCUT2D eigenvalue weighted by molar-refractivity contribution is 7.89. The van der Waals surface area contributed by atoms with Gasteiger partial charge in [0.15, 0.2) is 0 Å². The first-order valence-electron chi connectivity index (χ1n) is 5.35. The molecule has 0 saturated heterocycles. The largest absolute Gasteiger partial charge is 0.395 e. The minimum Gasteiger partial charge on any atom is -0.395 e. The molecule has 0 aliphatic heterocycles. The van der Waals surface area contributed by atoms with Crippen molar-refractivity contribution in [3.05, 3.63) is 40.1 Å². The number of nitrogen functional groups attached to an aromatic ring is 1. The van der Waals surface area contributed by atoms with Gasteiger partial charge in [0.1, 0.15) is 15.7 Å². The Morgan fingerprint density at radius 3 is 2.84 bits per heavy atom. The van der Waals surface area contributed by atoms with E-state index in [0.717, 1.165) is 10.9 Å². The molecule has 0 atom stereocenters. The van der Waals surface area contributed by atoms with Gasteiger partial charge in [0, 0.05) is 11.1 Å². The maximum Gasteiger partial charge on any atom is 0.243 e. The normalized spacial score (nSPS) is 11.7. The van der Waals surface area contributed by atoms with E-state index in [4.69, 9.17) is 5.73 Å². The molecule has 0 saturated carbocycles. The Kier molecular flexibility index (Phi) is 3.83. The van der Waals surface area contributed by atoms with E-state index in [1.54, 1.807) is 6.20 Å². The fourth-order valence-corrected chi connectivity index (χ4v) is 3.41. The molecule has 2 rings (SSSR count). The molecule has 0 fully saturated rings. The van der Waals surface area contributed by atoms with Crippen molar-refractivity contribution in [2.24, 2.45) is 0 Å². The highest BCUT2D eigenvalue weighted by Gasteiger charge is 2.19. The standard InChI is InChI=1S/C11H12FN3O2S2/c1-7-5-14-10(18-7)6-15-19(16,17)9-4-2-3-8(12)11(9)13/h2-5,15H,6,13H2,1H3. The zero-order valence-corrected chi connectivity index (χ0v) is 11.7. The summed E-state index contributed by atoms with van der Waals surface area (Å²) in [6.07, 6.45) is 1.66. The lowest BCUT2D eigenvalue weighted by molar-refractivity contribution is 0.578. The third-order valence-corrected chi connectivity index (χ3v) is 4.76. The number of halogens is 1. The first-order chi connectivity index (χ1) is 8.90. The molecule has 3 N–H and O–H groups in total. The average Bonchev–Trinajstić information content (AvgIpc) is 2.76. The molecule has 8 heteroatoms. The number of nitrogens with one attached hydrogen (secondary N) is 1. The third-order valence-electron chi connectivity index (χ3n) is 2.38. The van der Waals surface area contributed by atoms with Gasteiger partial charge in [-0.1, -0.05) is 6.07 Å². The van der Waals surface area contributed by atoms with Gasteiger partial charge in [-0.25, -0.2) is 22.5 Å². The van der Waals surface area contributed by atoms with Gasteiger partial charge in [-0.05, 0) is 19.1 Å². The summed E-state index contributed by atoms with van der Waals surface area (Å²) in [6, 6.07) is 3.67. The van der Waals surface area contributed by atoms with E-state index in [1.165, 1.54) is 23.5 Å². The van der Waals surface area contributed by atoms with E-state index >= 15 is 0 Å². The Labute approximate surface area is 114 Å². The van der Waals surface area contributed by atoms with Gasteiger partial charge in [0.25, 0.3) is 0 Å². The van der Waals surface area contributed by atoms with E-state index < -0.39 is 15.8 Å². The van der Waals surface area contributed by atoms with Gasteiger partial charge in [-0.3, -0.25) is 0 Å². The quantitative estimate of drug-likeness (QED) is 0.841. The van der Waals surface area contributed by atoms with Crippen molar-refractivity contribution in [3.8, 4) is 0 Å². The number of nitrogens with zero attached hydrogens (tertiary/aromatic N) is 1. The second-order valence-electron chi connectivity index (χ2n) is 3.84. The van der Waals surface area contributed by atoms with Crippen LogP contribution in [0, 0.1) is 12.7 Å². The number of rotatable bonds is 4. The summed E-state index contributed by atoms with van der Waals surface area (Å²) in [4.78, 5) is 4.76. The van der Waals surface area contributed by atoms with Gasteiger partial charge in [0.05, 0.1) is 12.2 Å². The van der Waals surface area contributed by atoms with Crippen LogP contribution < -0.4 is 10.5 Å². The van der Waals surface area contributed by atoms with Crippen LogP contribution >= 0.6 is 11.3 Å². The van der Waals surface area contributed by atoms with E-state index in [1.807, 2.05) is 6.92 Å². The Bertz CT molecular complexity index is 698. The molecule has 5 nitrogen and oxygen atoms in total. The molecule has 0 aliphatic carbocycles. The molecule has 102 valence electrons. The summed E-state index contributed by atoms with van der Waals surface area (Å²) >= 11 is 1.39. The summed E-state index contributed by atoms with van der Waals surface area (Å²) in [5.74, 6) is -0.757. The molecule has 0 unspecified atom stereocenters. The first kappa shape index (κ1) is 13.9. The van der Waals surface area contributed by atoms with Gasteiger partial charge >= 0.3 is 0 Å². The number of hydrogen-bond acceptors (Lipinski definition) is 5. The zero-order valence-electron chi connectivity index (χ0n) is 10.1. The zero-order chi connectivity index (χ0) is 14.0. The minimum absolute atomic E-state index is 0.0524. The number of aromatic nitrogens is 1. The molecule has 2 aromatic rings. The summed E-state index contributed by atoms with van der Waals surface area (Å²) in [7, 11) is -3.85. The predicted octanol–water partition coefficient (Wildman–Crippen LogP) is 1.65. The Balaban J connectivity index is 2.21. The molecule has 0 spiro atoms. The monoisotopic (exact) mass is 301 g/mol.